The second-order valence-electron chi connectivity index (χ2n) is 4.92. The van der Waals surface area contributed by atoms with Gasteiger partial charge in [-0.3, -0.25) is 4.79 Å². The summed E-state index contributed by atoms with van der Waals surface area (Å²) in [6.45, 7) is -0.325. The number of anilines is 1. The third kappa shape index (κ3) is 3.27. The molecule has 0 unspecified atom stereocenters. The number of hydrogen-bond acceptors (Lipinski definition) is 7. The van der Waals surface area contributed by atoms with Crippen LogP contribution < -0.4 is 20.8 Å². The Kier molecular flexibility index (Phi) is 5.13. The maximum Gasteiger partial charge on any atom is 0.342 e. The van der Waals surface area contributed by atoms with Crippen LogP contribution in [0, 0.1) is 11.3 Å². The molecule has 10 heteroatoms. The fraction of sp³-hybridized carbons (Fsp3) is 0.125. The van der Waals surface area contributed by atoms with Gasteiger partial charge in [-0.1, -0.05) is 6.07 Å². The molecule has 134 valence electrons. The molecule has 1 aromatic carbocycles. The first-order valence-corrected chi connectivity index (χ1v) is 7.02. The summed E-state index contributed by atoms with van der Waals surface area (Å²) in [6.07, 6.45) is 0. The number of rotatable bonds is 6. The van der Waals surface area contributed by atoms with Crippen molar-refractivity contribution in [3.05, 3.63) is 39.7 Å². The van der Waals surface area contributed by atoms with Gasteiger partial charge in [0.1, 0.15) is 23.0 Å². The lowest BCUT2D eigenvalue weighted by Crippen LogP contribution is -2.24. The molecule has 0 fully saturated rings. The summed E-state index contributed by atoms with van der Waals surface area (Å²) in [5, 5.41) is 27.4. The average molecular weight is 359 g/mol. The molecule has 2 aromatic rings. The van der Waals surface area contributed by atoms with Gasteiger partial charge < -0.3 is 30.4 Å². The van der Waals surface area contributed by atoms with Gasteiger partial charge in [0.05, 0.1) is 7.11 Å². The molecule has 0 saturated heterocycles. The maximum absolute atomic E-state index is 12.0. The molecule has 2 rings (SSSR count). The third-order valence-electron chi connectivity index (χ3n) is 3.42. The van der Waals surface area contributed by atoms with Gasteiger partial charge in [-0.15, -0.1) is 0 Å². The van der Waals surface area contributed by atoms with Gasteiger partial charge in [0.25, 0.3) is 5.56 Å². The predicted octanol–water partition coefficient (Wildman–Crippen LogP) is 0.931. The number of pyridine rings is 1. The number of nitrogens with two attached hydrogens (primary N) is 1. The van der Waals surface area contributed by atoms with E-state index in [-0.39, 0.29) is 29.2 Å². The molecule has 10 nitrogen and oxygen atoms in total. The van der Waals surface area contributed by atoms with E-state index in [4.69, 9.17) is 20.5 Å². The van der Waals surface area contributed by atoms with E-state index < -0.39 is 34.4 Å². The van der Waals surface area contributed by atoms with Gasteiger partial charge in [-0.05, 0) is 17.7 Å². The summed E-state index contributed by atoms with van der Waals surface area (Å²) >= 11 is 0. The minimum absolute atomic E-state index is 0.0475. The quantitative estimate of drug-likeness (QED) is 0.584. The van der Waals surface area contributed by atoms with E-state index in [0.29, 0.717) is 0 Å². The van der Waals surface area contributed by atoms with Gasteiger partial charge in [-0.25, -0.2) is 9.59 Å². The lowest BCUT2D eigenvalue weighted by atomic mass is 9.95. The van der Waals surface area contributed by atoms with Crippen molar-refractivity contribution >= 4 is 17.8 Å². The summed E-state index contributed by atoms with van der Waals surface area (Å²) in [7, 11) is 1.35. The zero-order valence-corrected chi connectivity index (χ0v) is 13.4. The van der Waals surface area contributed by atoms with Crippen molar-refractivity contribution in [2.75, 3.05) is 19.5 Å². The number of H-pyrrole nitrogens is 1. The first kappa shape index (κ1) is 18.3. The van der Waals surface area contributed by atoms with Gasteiger partial charge >= 0.3 is 11.9 Å². The number of nitrogens with one attached hydrogen (secondary N) is 1. The molecule has 0 aliphatic heterocycles. The summed E-state index contributed by atoms with van der Waals surface area (Å²) in [5.41, 5.74) is 2.84. The van der Waals surface area contributed by atoms with Crippen LogP contribution in [0.15, 0.2) is 23.0 Å². The van der Waals surface area contributed by atoms with Crippen molar-refractivity contribution in [3.8, 4) is 28.7 Å². The summed E-state index contributed by atoms with van der Waals surface area (Å²) in [6, 6.07) is 5.77. The van der Waals surface area contributed by atoms with Crippen LogP contribution in [0.25, 0.3) is 11.1 Å². The lowest BCUT2D eigenvalue weighted by molar-refractivity contribution is 0.0695. The molecule has 0 saturated carbocycles. The SMILES string of the molecule is COc1ccc(-c2c(C(=O)O)c(N)[nH]c(=O)c2C(=O)O)cc1OCC#N. The minimum atomic E-state index is -1.63. The Balaban J connectivity index is 2.87. The van der Waals surface area contributed by atoms with E-state index in [1.54, 1.807) is 6.07 Å². The van der Waals surface area contributed by atoms with Crippen LogP contribution in [0.1, 0.15) is 20.7 Å². The van der Waals surface area contributed by atoms with E-state index >= 15 is 0 Å². The summed E-state index contributed by atoms with van der Waals surface area (Å²) < 4.78 is 10.3. The first-order valence-electron chi connectivity index (χ1n) is 7.02. The smallest absolute Gasteiger partial charge is 0.342 e. The number of aromatic nitrogens is 1. The molecule has 5 N–H and O–H groups in total. The Hall–Kier alpha value is -4.00. The number of nitrogen functional groups attached to an aromatic ring is 1. The molecule has 0 spiro atoms. The lowest BCUT2D eigenvalue weighted by Gasteiger charge is -2.14. The average Bonchev–Trinajstić information content (AvgIpc) is 2.58. The molecule has 0 aliphatic carbocycles. The zero-order chi connectivity index (χ0) is 19.4. The van der Waals surface area contributed by atoms with Gasteiger partial charge in [0, 0.05) is 5.56 Å². The molecule has 0 aliphatic rings. The van der Waals surface area contributed by atoms with E-state index in [1.165, 1.54) is 25.3 Å². The van der Waals surface area contributed by atoms with Crippen LogP contribution >= 0.6 is 0 Å². The first-order chi connectivity index (χ1) is 12.3. The number of aromatic carboxylic acids is 2. The molecule has 0 radical (unpaired) electrons. The van der Waals surface area contributed by atoms with Crippen molar-refractivity contribution in [1.29, 1.82) is 5.26 Å². The number of nitrogens with zero attached hydrogens (tertiary/aromatic N) is 1. The second kappa shape index (κ2) is 7.27. The van der Waals surface area contributed by atoms with Crippen molar-refractivity contribution in [2.45, 2.75) is 0 Å². The normalized spacial score (nSPS) is 10.0. The molecule has 26 heavy (non-hydrogen) atoms. The second-order valence-corrected chi connectivity index (χ2v) is 4.92. The highest BCUT2D eigenvalue weighted by atomic mass is 16.5. The Labute approximate surface area is 146 Å². The fourth-order valence-corrected chi connectivity index (χ4v) is 2.39. The van der Waals surface area contributed by atoms with Crippen LogP contribution in [0.5, 0.6) is 11.5 Å². The minimum Gasteiger partial charge on any atom is -0.493 e. The Morgan fingerprint density at radius 2 is 1.88 bits per heavy atom. The number of benzene rings is 1. The molecule has 0 atom stereocenters. The standard InChI is InChI=1S/C16H13N3O7/c1-25-8-3-2-7(6-9(8)26-5-4-17)10-11(15(21)22)13(18)19-14(20)12(10)16(23)24/h2-3,6H,5H2,1H3,(H,21,22)(H,23,24)(H3,18,19,20). The number of ether oxygens (including phenoxy) is 2. The molecular formula is C16H13N3O7. The largest absolute Gasteiger partial charge is 0.493 e. The molecule has 1 aromatic heterocycles. The third-order valence-corrected chi connectivity index (χ3v) is 3.42. The molecular weight excluding hydrogens is 346 g/mol. The van der Waals surface area contributed by atoms with E-state index in [1.807, 2.05) is 4.98 Å². The molecule has 0 amide bonds. The topological polar surface area (TPSA) is 176 Å². The predicted molar refractivity (Wildman–Crippen MR) is 88.5 cm³/mol. The van der Waals surface area contributed by atoms with E-state index in [9.17, 15) is 24.6 Å². The number of carboxylic acids is 2. The van der Waals surface area contributed by atoms with Gasteiger partial charge in [0.2, 0.25) is 0 Å². The Morgan fingerprint density at radius 1 is 1.23 bits per heavy atom. The van der Waals surface area contributed by atoms with Crippen molar-refractivity contribution in [3.63, 3.8) is 0 Å². The Bertz CT molecular complexity index is 989. The van der Waals surface area contributed by atoms with Crippen molar-refractivity contribution < 1.29 is 29.3 Å². The van der Waals surface area contributed by atoms with Crippen LogP contribution in [0.2, 0.25) is 0 Å². The van der Waals surface area contributed by atoms with Crippen molar-refractivity contribution in [1.82, 2.24) is 4.98 Å². The number of methoxy groups -OCH3 is 1. The van der Waals surface area contributed by atoms with Gasteiger partial charge in [0.15, 0.2) is 18.1 Å². The number of carbonyl (C=O) groups is 2. The van der Waals surface area contributed by atoms with Gasteiger partial charge in [-0.2, -0.15) is 5.26 Å². The molecule has 1 heterocycles. The Morgan fingerprint density at radius 3 is 2.42 bits per heavy atom. The number of carboxylic acid groups (broad SMARTS) is 2. The highest BCUT2D eigenvalue weighted by molar-refractivity contribution is 6.07. The summed E-state index contributed by atoms with van der Waals surface area (Å²) in [4.78, 5) is 37.2. The zero-order valence-electron chi connectivity index (χ0n) is 13.4. The highest BCUT2D eigenvalue weighted by Crippen LogP contribution is 2.36. The number of nitriles is 1. The maximum atomic E-state index is 12.0. The van der Waals surface area contributed by atoms with Crippen LogP contribution in [-0.2, 0) is 0 Å². The number of hydrogen-bond donors (Lipinski definition) is 4. The fourth-order valence-electron chi connectivity index (χ4n) is 2.39. The van der Waals surface area contributed by atoms with E-state index in [2.05, 4.69) is 0 Å². The van der Waals surface area contributed by atoms with Crippen LogP contribution in [0.3, 0.4) is 0 Å². The van der Waals surface area contributed by atoms with Crippen molar-refractivity contribution in [2.24, 2.45) is 0 Å². The summed E-state index contributed by atoms with van der Waals surface area (Å²) in [5.74, 6) is -3.34. The molecule has 0 bridgehead atoms. The highest BCUT2D eigenvalue weighted by Gasteiger charge is 2.27. The van der Waals surface area contributed by atoms with Crippen LogP contribution in [0.4, 0.5) is 5.82 Å². The number of aromatic amines is 1. The van der Waals surface area contributed by atoms with Crippen LogP contribution in [-0.4, -0.2) is 40.9 Å². The van der Waals surface area contributed by atoms with E-state index in [0.717, 1.165) is 0 Å². The monoisotopic (exact) mass is 359 g/mol.